The van der Waals surface area contributed by atoms with Gasteiger partial charge in [0, 0.05) is 17.6 Å². The Balaban J connectivity index is 2.41. The lowest BCUT2D eigenvalue weighted by Gasteiger charge is -2.31. The number of rotatable bonds is 10. The predicted molar refractivity (Wildman–Crippen MR) is 128 cm³/mol. The molecule has 2 aromatic rings. The van der Waals surface area contributed by atoms with Crippen LogP contribution in [0.15, 0.2) is 53.0 Å². The van der Waals surface area contributed by atoms with E-state index in [1.807, 2.05) is 24.3 Å². The second-order valence-electron chi connectivity index (χ2n) is 7.16. The van der Waals surface area contributed by atoms with E-state index >= 15 is 0 Å². The number of hydrogen-bond donors (Lipinski definition) is 1. The van der Waals surface area contributed by atoms with Crippen molar-refractivity contribution in [3.63, 3.8) is 0 Å². The van der Waals surface area contributed by atoms with Gasteiger partial charge >= 0.3 is 0 Å². The first-order chi connectivity index (χ1) is 15.1. The van der Waals surface area contributed by atoms with Gasteiger partial charge < -0.3 is 15.0 Å². The highest BCUT2D eigenvalue weighted by Gasteiger charge is 2.30. The zero-order valence-corrected chi connectivity index (χ0v) is 20.9. The molecule has 2 rings (SSSR count). The van der Waals surface area contributed by atoms with E-state index in [0.717, 1.165) is 20.6 Å². The molecule has 2 aromatic carbocycles. The van der Waals surface area contributed by atoms with Crippen molar-refractivity contribution in [1.29, 1.82) is 0 Å². The minimum Gasteiger partial charge on any atom is -0.495 e. The SMILES string of the molecule is CCNC(=O)[C@H](C)N(Cc1ccc(Br)cc1)C(=O)CN(c1ccccc1OC)S(C)(=O)=O. The molecule has 0 unspecified atom stereocenters. The molecule has 10 heteroatoms. The minimum absolute atomic E-state index is 0.147. The van der Waals surface area contributed by atoms with E-state index in [4.69, 9.17) is 4.74 Å². The largest absolute Gasteiger partial charge is 0.495 e. The first-order valence-electron chi connectivity index (χ1n) is 10.0. The van der Waals surface area contributed by atoms with E-state index in [1.165, 1.54) is 12.0 Å². The highest BCUT2D eigenvalue weighted by Crippen LogP contribution is 2.29. The van der Waals surface area contributed by atoms with Crippen LogP contribution in [-0.4, -0.2) is 57.6 Å². The van der Waals surface area contributed by atoms with Crippen LogP contribution in [0.4, 0.5) is 5.69 Å². The Morgan fingerprint density at radius 3 is 2.31 bits per heavy atom. The molecule has 0 radical (unpaired) electrons. The molecule has 2 amide bonds. The van der Waals surface area contributed by atoms with Gasteiger partial charge in [-0.25, -0.2) is 8.42 Å². The van der Waals surface area contributed by atoms with Gasteiger partial charge in [-0.05, 0) is 43.7 Å². The second kappa shape index (κ2) is 11.3. The average molecular weight is 526 g/mol. The Morgan fingerprint density at radius 2 is 1.75 bits per heavy atom. The number of ether oxygens (including phenoxy) is 1. The second-order valence-corrected chi connectivity index (χ2v) is 9.98. The summed E-state index contributed by atoms with van der Waals surface area (Å²) in [5, 5.41) is 2.72. The Kier molecular flexibility index (Phi) is 9.09. The van der Waals surface area contributed by atoms with Crippen molar-refractivity contribution in [1.82, 2.24) is 10.2 Å². The maximum atomic E-state index is 13.4. The molecular formula is C22H28BrN3O5S. The van der Waals surface area contributed by atoms with Crippen LogP contribution < -0.4 is 14.4 Å². The molecule has 1 N–H and O–H groups in total. The number of methoxy groups -OCH3 is 1. The number of halogens is 1. The number of amides is 2. The number of anilines is 1. The molecule has 8 nitrogen and oxygen atoms in total. The van der Waals surface area contributed by atoms with Crippen molar-refractivity contribution in [2.24, 2.45) is 0 Å². The van der Waals surface area contributed by atoms with Gasteiger partial charge in [0.05, 0.1) is 19.1 Å². The topological polar surface area (TPSA) is 96.0 Å². The molecule has 174 valence electrons. The minimum atomic E-state index is -3.81. The Morgan fingerprint density at radius 1 is 1.12 bits per heavy atom. The summed E-state index contributed by atoms with van der Waals surface area (Å²) in [6.45, 7) is 3.50. The maximum absolute atomic E-state index is 13.4. The summed E-state index contributed by atoms with van der Waals surface area (Å²) in [6, 6.07) is 13.1. The fraction of sp³-hybridized carbons (Fsp3) is 0.364. The number of hydrogen-bond acceptors (Lipinski definition) is 5. The first-order valence-corrected chi connectivity index (χ1v) is 12.6. The van der Waals surface area contributed by atoms with E-state index < -0.39 is 28.5 Å². The molecule has 0 aromatic heterocycles. The molecule has 32 heavy (non-hydrogen) atoms. The van der Waals surface area contributed by atoms with Crippen LogP contribution >= 0.6 is 15.9 Å². The van der Waals surface area contributed by atoms with E-state index in [2.05, 4.69) is 21.2 Å². The lowest BCUT2D eigenvalue weighted by atomic mass is 10.1. The summed E-state index contributed by atoms with van der Waals surface area (Å²) in [5.74, 6) is -0.508. The van der Waals surface area contributed by atoms with Crippen LogP contribution in [0.25, 0.3) is 0 Å². The van der Waals surface area contributed by atoms with Crippen LogP contribution in [0.5, 0.6) is 5.75 Å². The molecule has 0 bridgehead atoms. The summed E-state index contributed by atoms with van der Waals surface area (Å²) >= 11 is 3.38. The summed E-state index contributed by atoms with van der Waals surface area (Å²) in [5.41, 5.74) is 1.06. The number of carbonyl (C=O) groups excluding carboxylic acids is 2. The Hall–Kier alpha value is -2.59. The van der Waals surface area contributed by atoms with E-state index in [-0.39, 0.29) is 18.1 Å². The van der Waals surface area contributed by atoms with Crippen molar-refractivity contribution in [3.8, 4) is 5.75 Å². The smallest absolute Gasteiger partial charge is 0.244 e. The predicted octanol–water partition coefficient (Wildman–Crippen LogP) is 2.78. The Bertz CT molecular complexity index is 1040. The van der Waals surface area contributed by atoms with Gasteiger partial charge in [0.15, 0.2) is 0 Å². The molecular weight excluding hydrogens is 498 g/mol. The van der Waals surface area contributed by atoms with Crippen LogP contribution in [0, 0.1) is 0 Å². The van der Waals surface area contributed by atoms with Crippen molar-refractivity contribution in [2.45, 2.75) is 26.4 Å². The highest BCUT2D eigenvalue weighted by molar-refractivity contribution is 9.10. The maximum Gasteiger partial charge on any atom is 0.244 e. The summed E-state index contributed by atoms with van der Waals surface area (Å²) in [4.78, 5) is 27.3. The third-order valence-corrected chi connectivity index (χ3v) is 6.47. The summed E-state index contributed by atoms with van der Waals surface area (Å²) in [6.07, 6.45) is 1.03. The molecule has 0 aliphatic rings. The monoisotopic (exact) mass is 525 g/mol. The molecule has 0 saturated heterocycles. The van der Waals surface area contributed by atoms with E-state index in [9.17, 15) is 18.0 Å². The number of carbonyl (C=O) groups is 2. The number of likely N-dealkylation sites (N-methyl/N-ethyl adjacent to an activating group) is 1. The molecule has 0 spiro atoms. The summed E-state index contributed by atoms with van der Waals surface area (Å²) < 4.78 is 32.3. The molecule has 0 aliphatic heterocycles. The number of nitrogens with zero attached hydrogens (tertiary/aromatic N) is 2. The lowest BCUT2D eigenvalue weighted by molar-refractivity contribution is -0.139. The fourth-order valence-corrected chi connectivity index (χ4v) is 4.24. The zero-order valence-electron chi connectivity index (χ0n) is 18.5. The molecule has 0 fully saturated rings. The first kappa shape index (κ1) is 25.7. The van der Waals surface area contributed by atoms with Crippen molar-refractivity contribution in [2.75, 3.05) is 30.8 Å². The van der Waals surface area contributed by atoms with Crippen LogP contribution in [0.3, 0.4) is 0 Å². The highest BCUT2D eigenvalue weighted by atomic mass is 79.9. The molecule has 1 atom stereocenters. The van der Waals surface area contributed by atoms with E-state index in [1.54, 1.807) is 38.1 Å². The van der Waals surface area contributed by atoms with Crippen LogP contribution in [0.1, 0.15) is 19.4 Å². The number of para-hydroxylation sites is 2. The van der Waals surface area contributed by atoms with Crippen molar-refractivity contribution in [3.05, 3.63) is 58.6 Å². The molecule has 0 aliphatic carbocycles. The van der Waals surface area contributed by atoms with Crippen molar-refractivity contribution < 1.29 is 22.7 Å². The fourth-order valence-electron chi connectivity index (χ4n) is 3.12. The number of benzene rings is 2. The average Bonchev–Trinajstić information content (AvgIpc) is 2.75. The van der Waals surface area contributed by atoms with Gasteiger partial charge in [-0.3, -0.25) is 13.9 Å². The molecule has 0 saturated carbocycles. The van der Waals surface area contributed by atoms with Gasteiger partial charge in [-0.15, -0.1) is 0 Å². The number of sulfonamides is 1. The standard InChI is InChI=1S/C22H28BrN3O5S/c1-5-24-22(28)16(2)25(14-17-10-12-18(23)13-11-17)21(27)15-26(32(4,29)30)19-8-6-7-9-20(19)31-3/h6-13,16H,5,14-15H2,1-4H3,(H,24,28)/t16-/m0/s1. The Labute approximate surface area is 197 Å². The normalized spacial score (nSPS) is 12.0. The van der Waals surface area contributed by atoms with Gasteiger partial charge in [0.2, 0.25) is 21.8 Å². The number of nitrogens with one attached hydrogen (secondary N) is 1. The molecule has 0 heterocycles. The third-order valence-electron chi connectivity index (χ3n) is 4.82. The van der Waals surface area contributed by atoms with Gasteiger partial charge in [-0.2, -0.15) is 0 Å². The van der Waals surface area contributed by atoms with Gasteiger partial charge in [-0.1, -0.05) is 40.2 Å². The van der Waals surface area contributed by atoms with Gasteiger partial charge in [0.25, 0.3) is 0 Å². The third kappa shape index (κ3) is 6.70. The lowest BCUT2D eigenvalue weighted by Crippen LogP contribution is -2.51. The van der Waals surface area contributed by atoms with E-state index in [0.29, 0.717) is 12.3 Å². The van der Waals surface area contributed by atoms with Crippen molar-refractivity contribution >= 4 is 43.5 Å². The van der Waals surface area contributed by atoms with Crippen LogP contribution in [-0.2, 0) is 26.2 Å². The zero-order chi connectivity index (χ0) is 23.9. The van der Waals surface area contributed by atoms with Gasteiger partial charge in [0.1, 0.15) is 18.3 Å². The quantitative estimate of drug-likeness (QED) is 0.514. The summed E-state index contributed by atoms with van der Waals surface area (Å²) in [7, 11) is -2.39. The van der Waals surface area contributed by atoms with Crippen LogP contribution in [0.2, 0.25) is 0 Å².